The number of fused-ring (bicyclic) bond motifs is 1. The first kappa shape index (κ1) is 39.5. The molecule has 1 unspecified atom stereocenters. The van der Waals surface area contributed by atoms with Crippen molar-refractivity contribution >= 4 is 44.9 Å². The molecule has 0 radical (unpaired) electrons. The van der Waals surface area contributed by atoms with Gasteiger partial charge in [-0.2, -0.15) is 0 Å². The van der Waals surface area contributed by atoms with Crippen molar-refractivity contribution in [3.63, 3.8) is 0 Å². The molecule has 288 valence electrons. The van der Waals surface area contributed by atoms with Gasteiger partial charge in [0.25, 0.3) is 5.91 Å². The maximum Gasteiger partial charge on any atom is 0.405 e. The highest BCUT2D eigenvalue weighted by Crippen LogP contribution is 2.47. The second-order valence-corrected chi connectivity index (χ2v) is 16.9. The summed E-state index contributed by atoms with van der Waals surface area (Å²) < 4.78 is 38.9. The van der Waals surface area contributed by atoms with Crippen LogP contribution in [-0.2, 0) is 24.4 Å². The number of hydrogen-bond donors (Lipinski definition) is 4. The molecule has 5 rings (SSSR count). The predicted molar refractivity (Wildman–Crippen MR) is 197 cm³/mol. The smallest absolute Gasteiger partial charge is 0.405 e. The number of likely N-dealkylation sites (tertiary alicyclic amines) is 1. The Morgan fingerprint density at radius 2 is 1.85 bits per heavy atom. The summed E-state index contributed by atoms with van der Waals surface area (Å²) in [5.74, 6) is -2.09. The molecule has 1 aromatic carbocycles. The van der Waals surface area contributed by atoms with Crippen LogP contribution in [-0.4, -0.2) is 94.3 Å². The highest BCUT2D eigenvalue weighted by molar-refractivity contribution is 7.91. The Bertz CT molecular complexity index is 1880. The summed E-state index contributed by atoms with van der Waals surface area (Å²) in [6, 6.07) is 2.93. The van der Waals surface area contributed by atoms with E-state index in [9.17, 15) is 32.7 Å². The second-order valence-electron chi connectivity index (χ2n) is 14.7. The van der Waals surface area contributed by atoms with E-state index in [2.05, 4.69) is 28.5 Å². The summed E-state index contributed by atoms with van der Waals surface area (Å²) in [7, 11) is -2.47. The number of ether oxygens (including phenoxy) is 2. The van der Waals surface area contributed by atoms with Crippen molar-refractivity contribution in [2.75, 3.05) is 13.7 Å². The van der Waals surface area contributed by atoms with Gasteiger partial charge in [-0.05, 0) is 57.6 Å². The van der Waals surface area contributed by atoms with E-state index in [-0.39, 0.29) is 37.6 Å². The Balaban J connectivity index is 1.44. The van der Waals surface area contributed by atoms with Crippen LogP contribution in [0.3, 0.4) is 0 Å². The fourth-order valence-electron chi connectivity index (χ4n) is 6.69. The average Bonchev–Trinajstić information content (AvgIpc) is 4.00. The number of rotatable bonds is 18. The first-order chi connectivity index (χ1) is 25.1. The summed E-state index contributed by atoms with van der Waals surface area (Å²) in [6.07, 6.45) is 5.08. The molecule has 1 saturated heterocycles. The molecule has 2 aliphatic carbocycles. The van der Waals surface area contributed by atoms with Crippen LogP contribution in [0.4, 0.5) is 4.79 Å². The van der Waals surface area contributed by atoms with Crippen LogP contribution in [0.15, 0.2) is 43.5 Å². The van der Waals surface area contributed by atoms with Gasteiger partial charge < -0.3 is 30.1 Å². The molecule has 0 bridgehead atoms. The first-order valence-electron chi connectivity index (χ1n) is 18.0. The molecule has 16 heteroatoms. The molecule has 1 aromatic heterocycles. The lowest BCUT2D eigenvalue weighted by molar-refractivity contribution is -0.141. The molecule has 15 nitrogen and oxygen atoms in total. The summed E-state index contributed by atoms with van der Waals surface area (Å²) >= 11 is 0. The monoisotopic (exact) mass is 754 g/mol. The van der Waals surface area contributed by atoms with Crippen molar-refractivity contribution in [2.45, 2.75) is 113 Å². The van der Waals surface area contributed by atoms with Gasteiger partial charge in [0.05, 0.1) is 29.4 Å². The van der Waals surface area contributed by atoms with Gasteiger partial charge in [0.15, 0.2) is 0 Å². The van der Waals surface area contributed by atoms with Crippen molar-refractivity contribution in [1.82, 2.24) is 30.2 Å². The number of allylic oxidation sites excluding steroid dienone is 1. The number of amides is 4. The van der Waals surface area contributed by atoms with Gasteiger partial charge in [0.1, 0.15) is 35.2 Å². The van der Waals surface area contributed by atoms with Gasteiger partial charge in [-0.25, -0.2) is 23.2 Å². The number of aromatic nitrogens is 2. The normalized spacial score (nSPS) is 23.5. The molecule has 5 atom stereocenters. The largest absolute Gasteiger partial charge is 0.497 e. The summed E-state index contributed by atoms with van der Waals surface area (Å²) in [5, 5.41) is 14.7. The van der Waals surface area contributed by atoms with Crippen molar-refractivity contribution in [3.05, 3.63) is 49.2 Å². The molecule has 2 saturated carbocycles. The predicted octanol–water partition coefficient (Wildman–Crippen LogP) is 3.94. The number of methoxy groups -OCH3 is 1. The van der Waals surface area contributed by atoms with Gasteiger partial charge >= 0.3 is 6.09 Å². The molecule has 2 heterocycles. The fraction of sp³-hybridized carbons (Fsp3) is 0.568. The lowest BCUT2D eigenvalue weighted by Gasteiger charge is -2.29. The minimum atomic E-state index is -4.01. The second kappa shape index (κ2) is 15.7. The molecule has 1 aliphatic heterocycles. The van der Waals surface area contributed by atoms with Crippen LogP contribution >= 0.6 is 0 Å². The zero-order valence-corrected chi connectivity index (χ0v) is 31.5. The molecule has 4 amide bonds. The number of unbranched alkanes of at least 4 members (excludes halogenated alkanes) is 3. The zero-order valence-electron chi connectivity index (χ0n) is 30.7. The minimum absolute atomic E-state index is 0.0289. The minimum Gasteiger partial charge on any atom is -0.497 e. The van der Waals surface area contributed by atoms with Crippen LogP contribution in [0.1, 0.15) is 90.2 Å². The Kier molecular flexibility index (Phi) is 11.7. The molecule has 4 N–H and O–H groups in total. The van der Waals surface area contributed by atoms with Crippen molar-refractivity contribution < 1.29 is 42.2 Å². The fourth-order valence-corrected chi connectivity index (χ4v) is 8.01. The van der Waals surface area contributed by atoms with Gasteiger partial charge in [0.2, 0.25) is 27.7 Å². The van der Waals surface area contributed by atoms with Crippen molar-refractivity contribution in [3.8, 4) is 11.6 Å². The molecule has 3 fully saturated rings. The Hall–Kier alpha value is -4.73. The van der Waals surface area contributed by atoms with Crippen molar-refractivity contribution in [2.24, 2.45) is 5.92 Å². The summed E-state index contributed by atoms with van der Waals surface area (Å²) in [6.45, 7) is 12.8. The molecular weight excluding hydrogens is 705 g/mol. The van der Waals surface area contributed by atoms with E-state index >= 15 is 0 Å². The number of carbonyl (C=O) groups is 4. The van der Waals surface area contributed by atoms with E-state index < -0.39 is 68.2 Å². The van der Waals surface area contributed by atoms with Gasteiger partial charge in [-0.1, -0.05) is 38.8 Å². The number of carbonyl (C=O) groups excluding carboxylic acids is 3. The third kappa shape index (κ3) is 8.58. The SMILES string of the molecule is C=CCCCCCC(NC(=O)O)C(=O)N1C[C@H](Oc2nc3cc(OC)ccc3nc2C(C)C)C[C@H]1C(=O)N[C@]1(C(=O)NS(=O)(=O)C2(C)CC2)C[C@H]1C=C. The van der Waals surface area contributed by atoms with E-state index in [1.54, 1.807) is 31.2 Å². The van der Waals surface area contributed by atoms with Crippen LogP contribution in [0.5, 0.6) is 11.6 Å². The van der Waals surface area contributed by atoms with Gasteiger partial charge in [-0.15, -0.1) is 13.2 Å². The third-order valence-electron chi connectivity index (χ3n) is 10.4. The number of sulfonamides is 1. The van der Waals surface area contributed by atoms with E-state index in [4.69, 9.17) is 19.4 Å². The van der Waals surface area contributed by atoms with Gasteiger partial charge in [-0.3, -0.25) is 19.1 Å². The first-order valence-corrected chi connectivity index (χ1v) is 19.5. The standard InChI is InChI=1S/C37H50N6O9S/c1-7-9-10-11-12-13-27(40-35(47)48)33(45)43-21-25(52-32-30(22(3)4)38-26-15-14-24(51-6)18-28(26)39-32)19-29(43)31(44)41-37(20-23(37)8-2)34(46)42-53(49,50)36(5)16-17-36/h7-8,14-15,18,22-23,25,27,29,40H,1-2,9-13,16-17,19-21H2,3-6H3,(H,41,44)(H,42,46)(H,47,48)/t23-,25-,27?,29+,37-/m1/s1. The Morgan fingerprint density at radius 1 is 1.11 bits per heavy atom. The molecule has 53 heavy (non-hydrogen) atoms. The average molecular weight is 755 g/mol. The van der Waals surface area contributed by atoms with Crippen molar-refractivity contribution in [1.29, 1.82) is 0 Å². The number of benzene rings is 1. The maximum atomic E-state index is 14.2. The zero-order chi connectivity index (χ0) is 38.7. The molecule has 3 aliphatic rings. The highest BCUT2D eigenvalue weighted by atomic mass is 32.2. The lowest BCUT2D eigenvalue weighted by Crippen LogP contribution is -2.58. The third-order valence-corrected chi connectivity index (χ3v) is 12.6. The van der Waals surface area contributed by atoms with Crippen LogP contribution in [0, 0.1) is 5.92 Å². The maximum absolute atomic E-state index is 14.2. The van der Waals surface area contributed by atoms with E-state index in [1.165, 1.54) is 18.1 Å². The number of nitrogens with one attached hydrogen (secondary N) is 3. The highest BCUT2D eigenvalue weighted by Gasteiger charge is 2.63. The topological polar surface area (TPSA) is 206 Å². The number of hydrogen-bond acceptors (Lipinski definition) is 10. The Morgan fingerprint density at radius 3 is 2.45 bits per heavy atom. The Labute approximate surface area is 310 Å². The quantitative estimate of drug-likeness (QED) is 0.127. The molecule has 2 aromatic rings. The van der Waals surface area contributed by atoms with Crippen LogP contribution in [0.25, 0.3) is 11.0 Å². The van der Waals surface area contributed by atoms with E-state index in [0.717, 1.165) is 19.3 Å². The van der Waals surface area contributed by atoms with E-state index in [0.29, 0.717) is 41.7 Å². The molecular formula is C37H50N6O9S. The molecule has 0 spiro atoms. The summed E-state index contributed by atoms with van der Waals surface area (Å²) in [4.78, 5) is 64.6. The number of nitrogens with zero attached hydrogens (tertiary/aromatic N) is 3. The van der Waals surface area contributed by atoms with E-state index in [1.807, 2.05) is 13.8 Å². The number of carboxylic acid groups (broad SMARTS) is 1. The van der Waals surface area contributed by atoms with Gasteiger partial charge in [0, 0.05) is 24.3 Å². The summed E-state index contributed by atoms with van der Waals surface area (Å²) in [5.41, 5.74) is 0.104. The lowest BCUT2D eigenvalue weighted by atomic mass is 10.0. The van der Waals surface area contributed by atoms with Crippen LogP contribution < -0.4 is 24.8 Å². The van der Waals surface area contributed by atoms with Crippen LogP contribution in [0.2, 0.25) is 0 Å².